The fourth-order valence-corrected chi connectivity index (χ4v) is 2.85. The van der Waals surface area contributed by atoms with Crippen molar-refractivity contribution in [3.8, 4) is 0 Å². The van der Waals surface area contributed by atoms with Crippen molar-refractivity contribution in [2.45, 2.75) is 45.6 Å². The normalized spacial score (nSPS) is 23.5. The molecule has 2 unspecified atom stereocenters. The van der Waals surface area contributed by atoms with Crippen molar-refractivity contribution in [3.63, 3.8) is 0 Å². The largest absolute Gasteiger partial charge is 0.481 e. The second-order valence-electron chi connectivity index (χ2n) is 6.59. The molecule has 0 aromatic carbocycles. The topological polar surface area (TPSA) is 86.7 Å². The van der Waals surface area contributed by atoms with Gasteiger partial charge in [-0.15, -0.1) is 0 Å². The van der Waals surface area contributed by atoms with E-state index >= 15 is 0 Å². The van der Waals surface area contributed by atoms with Crippen molar-refractivity contribution in [2.24, 2.45) is 17.8 Å². The van der Waals surface area contributed by atoms with Crippen molar-refractivity contribution < 1.29 is 19.5 Å². The van der Waals surface area contributed by atoms with Gasteiger partial charge in [-0.05, 0) is 25.2 Å². The van der Waals surface area contributed by atoms with Gasteiger partial charge in [0.05, 0.1) is 11.8 Å². The number of carbonyl (C=O) groups is 3. The summed E-state index contributed by atoms with van der Waals surface area (Å²) in [7, 11) is 0. The average Bonchev–Trinajstić information content (AvgIpc) is 3.16. The van der Waals surface area contributed by atoms with Crippen LogP contribution in [0.15, 0.2) is 0 Å². The standard InChI is InChI=1S/C15H24N2O4/c1-9(2)5-10(15(20)21)7-16-14(19)11-6-13(18)17(8-11)12-3-4-12/h9-12H,3-8H2,1-2H3,(H,16,19)(H,20,21). The lowest BCUT2D eigenvalue weighted by Gasteiger charge is -2.18. The molecule has 2 N–H and O–H groups in total. The van der Waals surface area contributed by atoms with Crippen molar-refractivity contribution in [1.82, 2.24) is 10.2 Å². The van der Waals surface area contributed by atoms with Crippen LogP contribution < -0.4 is 5.32 Å². The van der Waals surface area contributed by atoms with E-state index in [1.165, 1.54) is 0 Å². The Bertz CT molecular complexity index is 431. The highest BCUT2D eigenvalue weighted by atomic mass is 16.4. The number of rotatable bonds is 7. The van der Waals surface area contributed by atoms with E-state index in [0.29, 0.717) is 19.0 Å². The molecule has 6 heteroatoms. The number of aliphatic carboxylic acids is 1. The number of carboxylic acids is 1. The molecule has 1 saturated heterocycles. The molecule has 2 rings (SSSR count). The number of hydrogen-bond donors (Lipinski definition) is 2. The Morgan fingerprint density at radius 1 is 1.38 bits per heavy atom. The highest BCUT2D eigenvalue weighted by Crippen LogP contribution is 2.32. The van der Waals surface area contributed by atoms with Crippen molar-refractivity contribution in [3.05, 3.63) is 0 Å². The predicted molar refractivity (Wildman–Crippen MR) is 76.4 cm³/mol. The molecule has 21 heavy (non-hydrogen) atoms. The quantitative estimate of drug-likeness (QED) is 0.729. The van der Waals surface area contributed by atoms with Crippen LogP contribution in [0.4, 0.5) is 0 Å². The SMILES string of the molecule is CC(C)CC(CNC(=O)C1CC(=O)N(C2CC2)C1)C(=O)O. The first-order chi connectivity index (χ1) is 9.88. The summed E-state index contributed by atoms with van der Waals surface area (Å²) in [6, 6.07) is 0.336. The average molecular weight is 296 g/mol. The van der Waals surface area contributed by atoms with Gasteiger partial charge < -0.3 is 15.3 Å². The van der Waals surface area contributed by atoms with Gasteiger partial charge >= 0.3 is 5.97 Å². The molecule has 2 atom stereocenters. The lowest BCUT2D eigenvalue weighted by atomic mass is 9.97. The highest BCUT2D eigenvalue weighted by Gasteiger charge is 2.41. The Morgan fingerprint density at radius 2 is 2.05 bits per heavy atom. The molecule has 118 valence electrons. The number of carboxylic acid groups (broad SMARTS) is 1. The summed E-state index contributed by atoms with van der Waals surface area (Å²) < 4.78 is 0. The Labute approximate surface area is 124 Å². The Balaban J connectivity index is 1.81. The van der Waals surface area contributed by atoms with Gasteiger partial charge in [-0.3, -0.25) is 14.4 Å². The number of amides is 2. The maximum Gasteiger partial charge on any atom is 0.308 e. The van der Waals surface area contributed by atoms with Crippen molar-refractivity contribution in [1.29, 1.82) is 0 Å². The fourth-order valence-electron chi connectivity index (χ4n) is 2.85. The summed E-state index contributed by atoms with van der Waals surface area (Å²) in [5, 5.41) is 11.9. The van der Waals surface area contributed by atoms with Crippen LogP contribution in [0.3, 0.4) is 0 Å². The zero-order chi connectivity index (χ0) is 15.6. The van der Waals surface area contributed by atoms with Gasteiger partial charge in [0.1, 0.15) is 0 Å². The monoisotopic (exact) mass is 296 g/mol. The molecular formula is C15H24N2O4. The first kappa shape index (κ1) is 15.8. The molecule has 1 aliphatic heterocycles. The highest BCUT2D eigenvalue weighted by molar-refractivity contribution is 5.89. The minimum Gasteiger partial charge on any atom is -0.481 e. The lowest BCUT2D eigenvalue weighted by Crippen LogP contribution is -2.38. The third-order valence-corrected chi connectivity index (χ3v) is 4.14. The van der Waals surface area contributed by atoms with Gasteiger partial charge in [-0.2, -0.15) is 0 Å². The van der Waals surface area contributed by atoms with Gasteiger partial charge in [0.2, 0.25) is 11.8 Å². The van der Waals surface area contributed by atoms with Crippen LogP contribution in [0.1, 0.15) is 39.5 Å². The summed E-state index contributed by atoms with van der Waals surface area (Å²) in [6.45, 7) is 4.54. The molecule has 0 bridgehead atoms. The molecule has 0 aromatic heterocycles. The first-order valence-corrected chi connectivity index (χ1v) is 7.68. The molecule has 1 heterocycles. The predicted octanol–water partition coefficient (Wildman–Crippen LogP) is 0.860. The number of nitrogens with one attached hydrogen (secondary N) is 1. The van der Waals surface area contributed by atoms with Crippen molar-refractivity contribution in [2.75, 3.05) is 13.1 Å². The molecule has 2 amide bonds. The van der Waals surface area contributed by atoms with Crippen LogP contribution in [0, 0.1) is 17.8 Å². The zero-order valence-corrected chi connectivity index (χ0v) is 12.7. The van der Waals surface area contributed by atoms with E-state index in [1.54, 1.807) is 4.90 Å². The van der Waals surface area contributed by atoms with Crippen LogP contribution in [-0.4, -0.2) is 46.9 Å². The first-order valence-electron chi connectivity index (χ1n) is 7.68. The number of hydrogen-bond acceptors (Lipinski definition) is 3. The molecule has 2 aliphatic rings. The molecule has 1 aliphatic carbocycles. The number of likely N-dealkylation sites (tertiary alicyclic amines) is 1. The van der Waals surface area contributed by atoms with E-state index < -0.39 is 11.9 Å². The molecule has 2 fully saturated rings. The van der Waals surface area contributed by atoms with E-state index in [-0.39, 0.29) is 36.6 Å². The van der Waals surface area contributed by atoms with Gasteiger partial charge in [-0.25, -0.2) is 0 Å². The second-order valence-corrected chi connectivity index (χ2v) is 6.59. The van der Waals surface area contributed by atoms with Gasteiger partial charge in [0, 0.05) is 25.6 Å². The van der Waals surface area contributed by atoms with E-state index in [2.05, 4.69) is 5.32 Å². The Morgan fingerprint density at radius 3 is 2.57 bits per heavy atom. The molecule has 1 saturated carbocycles. The van der Waals surface area contributed by atoms with E-state index in [9.17, 15) is 14.4 Å². The van der Waals surface area contributed by atoms with E-state index in [1.807, 2.05) is 13.8 Å². The summed E-state index contributed by atoms with van der Waals surface area (Å²) in [6.07, 6.45) is 2.86. The fraction of sp³-hybridized carbons (Fsp3) is 0.800. The van der Waals surface area contributed by atoms with Gasteiger partial charge in [0.15, 0.2) is 0 Å². The van der Waals surface area contributed by atoms with Crippen LogP contribution in [0.25, 0.3) is 0 Å². The maximum atomic E-state index is 12.1. The van der Waals surface area contributed by atoms with Gasteiger partial charge in [0.25, 0.3) is 0 Å². The molecule has 0 aromatic rings. The van der Waals surface area contributed by atoms with Crippen LogP contribution in [-0.2, 0) is 14.4 Å². The molecular weight excluding hydrogens is 272 g/mol. The maximum absolute atomic E-state index is 12.1. The van der Waals surface area contributed by atoms with Crippen LogP contribution in [0.2, 0.25) is 0 Å². The smallest absolute Gasteiger partial charge is 0.308 e. The van der Waals surface area contributed by atoms with Crippen molar-refractivity contribution >= 4 is 17.8 Å². The van der Waals surface area contributed by atoms with E-state index in [0.717, 1.165) is 12.8 Å². The summed E-state index contributed by atoms with van der Waals surface area (Å²) >= 11 is 0. The lowest BCUT2D eigenvalue weighted by molar-refractivity contribution is -0.142. The van der Waals surface area contributed by atoms with Gasteiger partial charge in [-0.1, -0.05) is 13.8 Å². The number of carbonyl (C=O) groups excluding carboxylic acids is 2. The van der Waals surface area contributed by atoms with E-state index in [4.69, 9.17) is 5.11 Å². The summed E-state index contributed by atoms with van der Waals surface area (Å²) in [4.78, 5) is 36.9. The number of nitrogens with zero attached hydrogens (tertiary/aromatic N) is 1. The summed E-state index contributed by atoms with van der Waals surface area (Å²) in [5.74, 6) is -1.65. The van der Waals surface area contributed by atoms with Crippen LogP contribution in [0.5, 0.6) is 0 Å². The molecule has 0 spiro atoms. The Kier molecular flexibility index (Phi) is 4.85. The molecule has 0 radical (unpaired) electrons. The zero-order valence-electron chi connectivity index (χ0n) is 12.7. The third kappa shape index (κ3) is 4.19. The molecule has 6 nitrogen and oxygen atoms in total. The third-order valence-electron chi connectivity index (χ3n) is 4.14. The summed E-state index contributed by atoms with van der Waals surface area (Å²) in [5.41, 5.74) is 0. The minimum absolute atomic E-state index is 0.0506. The second kappa shape index (κ2) is 6.45. The van der Waals surface area contributed by atoms with Crippen LogP contribution >= 0.6 is 0 Å². The minimum atomic E-state index is -0.883. The Hall–Kier alpha value is -1.59.